The van der Waals surface area contributed by atoms with Gasteiger partial charge >= 0.3 is 0 Å². The minimum atomic E-state index is -0.120. The number of piperidine rings is 1. The summed E-state index contributed by atoms with van der Waals surface area (Å²) in [5, 5.41) is 7.89. The molecule has 0 aromatic carbocycles. The van der Waals surface area contributed by atoms with Crippen LogP contribution in [-0.4, -0.2) is 38.9 Å². The highest BCUT2D eigenvalue weighted by Gasteiger charge is 2.28. The van der Waals surface area contributed by atoms with E-state index in [1.54, 1.807) is 6.20 Å². The number of hydrogen-bond acceptors (Lipinski definition) is 4. The lowest BCUT2D eigenvalue weighted by molar-refractivity contribution is -0.133. The van der Waals surface area contributed by atoms with Gasteiger partial charge in [0.15, 0.2) is 0 Å². The topological polar surface area (TPSA) is 51.0 Å². The van der Waals surface area contributed by atoms with Gasteiger partial charge in [-0.25, -0.2) is 4.68 Å². The molecule has 1 amide bonds. The van der Waals surface area contributed by atoms with Crippen molar-refractivity contribution in [2.75, 3.05) is 13.1 Å². The summed E-state index contributed by atoms with van der Waals surface area (Å²) in [5.41, 5.74) is 0. The van der Waals surface area contributed by atoms with Crippen LogP contribution >= 0.6 is 22.9 Å². The summed E-state index contributed by atoms with van der Waals surface area (Å²) >= 11 is 7.43. The average Bonchev–Trinajstić information content (AvgIpc) is 3.17. The van der Waals surface area contributed by atoms with E-state index in [0.717, 1.165) is 35.1 Å². The van der Waals surface area contributed by atoms with Gasteiger partial charge in [-0.2, -0.15) is 0 Å². The molecule has 3 rings (SSSR count). The van der Waals surface area contributed by atoms with E-state index in [-0.39, 0.29) is 11.8 Å². The minimum absolute atomic E-state index is 0.120. The average molecular weight is 325 g/mol. The first-order valence-electron chi connectivity index (χ1n) is 7.05. The van der Waals surface area contributed by atoms with Crippen molar-refractivity contribution in [3.05, 3.63) is 33.7 Å². The summed E-state index contributed by atoms with van der Waals surface area (Å²) in [6, 6.07) is 4.14. The number of halogens is 1. The fourth-order valence-electron chi connectivity index (χ4n) is 2.72. The van der Waals surface area contributed by atoms with E-state index in [1.807, 2.05) is 34.8 Å². The van der Waals surface area contributed by atoms with Crippen LogP contribution in [0.25, 0.3) is 0 Å². The Labute approximate surface area is 132 Å². The smallest absolute Gasteiger partial charge is 0.230 e. The predicted molar refractivity (Wildman–Crippen MR) is 82.6 cm³/mol. The molecule has 112 valence electrons. The van der Waals surface area contributed by atoms with E-state index in [1.165, 1.54) is 11.3 Å². The SMILES string of the molecule is C[C@@H](C(=O)N1CCC(n2ccnn2)CC1)c1ccc(Cl)s1. The molecule has 1 fully saturated rings. The molecule has 1 aliphatic heterocycles. The van der Waals surface area contributed by atoms with Crippen molar-refractivity contribution in [1.29, 1.82) is 0 Å². The molecule has 7 heteroatoms. The molecular formula is C14H17ClN4OS. The first-order chi connectivity index (χ1) is 10.1. The van der Waals surface area contributed by atoms with Gasteiger partial charge in [-0.05, 0) is 31.9 Å². The zero-order chi connectivity index (χ0) is 14.8. The van der Waals surface area contributed by atoms with Crippen molar-refractivity contribution in [3.63, 3.8) is 0 Å². The molecular weight excluding hydrogens is 308 g/mol. The fraction of sp³-hybridized carbons (Fsp3) is 0.500. The van der Waals surface area contributed by atoms with Gasteiger partial charge in [0.25, 0.3) is 0 Å². The number of aromatic nitrogens is 3. The van der Waals surface area contributed by atoms with Crippen LogP contribution < -0.4 is 0 Å². The molecule has 3 heterocycles. The summed E-state index contributed by atoms with van der Waals surface area (Å²) in [5.74, 6) is 0.0657. The zero-order valence-corrected chi connectivity index (χ0v) is 13.3. The molecule has 0 bridgehead atoms. The molecule has 0 unspecified atom stereocenters. The summed E-state index contributed by atoms with van der Waals surface area (Å²) in [6.07, 6.45) is 5.43. The van der Waals surface area contributed by atoms with Gasteiger partial charge in [-0.15, -0.1) is 16.4 Å². The van der Waals surface area contributed by atoms with Crippen LogP contribution in [0.2, 0.25) is 4.34 Å². The number of carbonyl (C=O) groups excluding carboxylic acids is 1. The van der Waals surface area contributed by atoms with E-state index < -0.39 is 0 Å². The van der Waals surface area contributed by atoms with Crippen molar-refractivity contribution in [2.24, 2.45) is 0 Å². The van der Waals surface area contributed by atoms with Crippen molar-refractivity contribution >= 4 is 28.8 Å². The summed E-state index contributed by atoms with van der Waals surface area (Å²) < 4.78 is 2.62. The highest BCUT2D eigenvalue weighted by atomic mass is 35.5. The number of amides is 1. The van der Waals surface area contributed by atoms with E-state index in [0.29, 0.717) is 6.04 Å². The maximum Gasteiger partial charge on any atom is 0.230 e. The fourth-order valence-corrected chi connectivity index (χ4v) is 3.82. The third-order valence-electron chi connectivity index (χ3n) is 3.98. The van der Waals surface area contributed by atoms with Crippen LogP contribution in [0, 0.1) is 0 Å². The lowest BCUT2D eigenvalue weighted by Crippen LogP contribution is -2.41. The molecule has 1 saturated heterocycles. The van der Waals surface area contributed by atoms with Crippen LogP contribution in [0.1, 0.15) is 36.6 Å². The highest BCUT2D eigenvalue weighted by Crippen LogP contribution is 2.30. The van der Waals surface area contributed by atoms with Crippen LogP contribution in [0.3, 0.4) is 0 Å². The molecule has 0 radical (unpaired) electrons. The van der Waals surface area contributed by atoms with Gasteiger partial charge < -0.3 is 4.90 Å². The first kappa shape index (κ1) is 14.5. The van der Waals surface area contributed by atoms with Gasteiger partial charge in [-0.1, -0.05) is 16.8 Å². The van der Waals surface area contributed by atoms with Gasteiger partial charge in [0.1, 0.15) is 0 Å². The Hall–Kier alpha value is -1.40. The van der Waals surface area contributed by atoms with Gasteiger partial charge in [-0.3, -0.25) is 4.79 Å². The normalized spacial score (nSPS) is 17.9. The molecule has 5 nitrogen and oxygen atoms in total. The molecule has 1 aliphatic rings. The van der Waals surface area contributed by atoms with E-state index in [9.17, 15) is 4.79 Å². The number of carbonyl (C=O) groups is 1. The molecule has 2 aromatic heterocycles. The Kier molecular flexibility index (Phi) is 4.26. The van der Waals surface area contributed by atoms with Gasteiger partial charge in [0, 0.05) is 24.2 Å². The Morgan fingerprint density at radius 2 is 2.19 bits per heavy atom. The second-order valence-corrected chi connectivity index (χ2v) is 7.05. The van der Waals surface area contributed by atoms with Crippen LogP contribution in [0.5, 0.6) is 0 Å². The molecule has 0 N–H and O–H groups in total. The Bertz CT molecular complexity index is 604. The molecule has 0 aliphatic carbocycles. The number of thiophene rings is 1. The summed E-state index contributed by atoms with van der Waals surface area (Å²) in [7, 11) is 0. The van der Waals surface area contributed by atoms with E-state index in [2.05, 4.69) is 10.3 Å². The largest absolute Gasteiger partial charge is 0.342 e. The second-order valence-electron chi connectivity index (χ2n) is 5.30. The minimum Gasteiger partial charge on any atom is -0.342 e. The third-order valence-corrected chi connectivity index (χ3v) is 5.40. The van der Waals surface area contributed by atoms with Crippen molar-refractivity contribution in [2.45, 2.75) is 31.7 Å². The summed E-state index contributed by atoms with van der Waals surface area (Å²) in [4.78, 5) is 15.5. The van der Waals surface area contributed by atoms with Gasteiger partial charge in [0.05, 0.1) is 22.5 Å². The third kappa shape index (κ3) is 3.11. The van der Waals surface area contributed by atoms with Crippen molar-refractivity contribution < 1.29 is 4.79 Å². The molecule has 1 atom stereocenters. The predicted octanol–water partition coefficient (Wildman–Crippen LogP) is 2.96. The standard InChI is InChI=1S/C14H17ClN4OS/c1-10(12-2-3-13(15)21-12)14(20)18-7-4-11(5-8-18)19-9-6-16-17-19/h2-3,6,9-11H,4-5,7-8H2,1H3/t10-/m1/s1. The lowest BCUT2D eigenvalue weighted by Gasteiger charge is -2.33. The number of likely N-dealkylation sites (tertiary alicyclic amines) is 1. The highest BCUT2D eigenvalue weighted by molar-refractivity contribution is 7.16. The second kappa shape index (κ2) is 6.15. The number of hydrogen-bond donors (Lipinski definition) is 0. The molecule has 2 aromatic rings. The zero-order valence-electron chi connectivity index (χ0n) is 11.8. The Morgan fingerprint density at radius 1 is 1.43 bits per heavy atom. The van der Waals surface area contributed by atoms with Crippen molar-refractivity contribution in [3.8, 4) is 0 Å². The number of rotatable bonds is 3. The maximum atomic E-state index is 12.6. The van der Waals surface area contributed by atoms with Crippen LogP contribution in [-0.2, 0) is 4.79 Å². The molecule has 0 saturated carbocycles. The monoisotopic (exact) mass is 324 g/mol. The van der Waals surface area contributed by atoms with Crippen molar-refractivity contribution in [1.82, 2.24) is 19.9 Å². The van der Waals surface area contributed by atoms with Crippen LogP contribution in [0.15, 0.2) is 24.5 Å². The Balaban J connectivity index is 1.60. The van der Waals surface area contributed by atoms with E-state index >= 15 is 0 Å². The van der Waals surface area contributed by atoms with Gasteiger partial charge in [0.2, 0.25) is 5.91 Å². The van der Waals surface area contributed by atoms with Crippen LogP contribution in [0.4, 0.5) is 0 Å². The Morgan fingerprint density at radius 3 is 2.76 bits per heavy atom. The first-order valence-corrected chi connectivity index (χ1v) is 8.24. The van der Waals surface area contributed by atoms with E-state index in [4.69, 9.17) is 11.6 Å². The lowest BCUT2D eigenvalue weighted by atomic mass is 10.0. The molecule has 0 spiro atoms. The number of nitrogens with zero attached hydrogens (tertiary/aromatic N) is 4. The summed E-state index contributed by atoms with van der Waals surface area (Å²) in [6.45, 7) is 3.49. The molecule has 21 heavy (non-hydrogen) atoms. The quantitative estimate of drug-likeness (QED) is 0.872. The maximum absolute atomic E-state index is 12.6.